The summed E-state index contributed by atoms with van der Waals surface area (Å²) in [6.45, 7) is -2.05. The van der Waals surface area contributed by atoms with Crippen molar-refractivity contribution in [2.24, 2.45) is 30.7 Å². The van der Waals surface area contributed by atoms with Crippen LogP contribution in [0.4, 0.5) is 34.1 Å². The number of rotatable bonds is 20. The average molecular weight is 1090 g/mol. The largest absolute Gasteiger partial charge is 0.504 e. The highest BCUT2D eigenvalue weighted by Gasteiger charge is 2.27. The first-order valence-corrected chi connectivity index (χ1v) is 26.9. The molecule has 0 aliphatic carbocycles. The zero-order valence-corrected chi connectivity index (χ0v) is 39.4. The number of aromatic hydroxyl groups is 3. The van der Waals surface area contributed by atoms with E-state index in [9.17, 15) is 74.9 Å². The van der Waals surface area contributed by atoms with Crippen molar-refractivity contribution >= 4 is 106 Å². The molecule has 69 heavy (non-hydrogen) atoms. The summed E-state index contributed by atoms with van der Waals surface area (Å²) < 4.78 is 201. The summed E-state index contributed by atoms with van der Waals surface area (Å²) in [4.78, 5) is -2.93. The highest BCUT2D eigenvalue weighted by atomic mass is 32.3. The molecule has 0 radical (unpaired) electrons. The van der Waals surface area contributed by atoms with E-state index in [-0.39, 0.29) is 11.5 Å². The van der Waals surface area contributed by atoms with Crippen molar-refractivity contribution in [1.29, 1.82) is 0 Å². The van der Waals surface area contributed by atoms with Gasteiger partial charge in [0.2, 0.25) is 0 Å². The van der Waals surface area contributed by atoms with Crippen LogP contribution < -0.4 is 9.47 Å². The molecule has 0 unspecified atom stereocenters. The van der Waals surface area contributed by atoms with Crippen molar-refractivity contribution < 1.29 is 102 Å². The van der Waals surface area contributed by atoms with Gasteiger partial charge in [-0.2, -0.15) is 38.8 Å². The highest BCUT2D eigenvalue weighted by molar-refractivity contribution is 7.91. The summed E-state index contributed by atoms with van der Waals surface area (Å²) >= 11 is 0. The average Bonchev–Trinajstić information content (AvgIpc) is 3.23. The van der Waals surface area contributed by atoms with Gasteiger partial charge in [-0.1, -0.05) is 12.1 Å². The summed E-state index contributed by atoms with van der Waals surface area (Å²) in [7, 11) is -26.9. The minimum atomic E-state index is -5.20. The number of benzene rings is 5. The SMILES string of the molecule is COc1ccc(S(=O)(=O)CCOS(=O)(=O)O)cc1N=Nc1c(O)c(N=Nc2cc(S(=O)(=O)O)c3cccc(S(=O)(=O)O)c3c2)c(O)c(N=Nc2cc(S(=O)(=O)CCOS(=O)(=O)O)ccc2OC)c1O. The molecule has 35 heteroatoms. The molecule has 0 fully saturated rings. The summed E-state index contributed by atoms with van der Waals surface area (Å²) in [6, 6.07) is 10.3. The first-order chi connectivity index (χ1) is 31.9. The lowest BCUT2D eigenvalue weighted by Crippen LogP contribution is -2.15. The maximum Gasteiger partial charge on any atom is 0.397 e. The number of phenols is 3. The van der Waals surface area contributed by atoms with Crippen molar-refractivity contribution in [2.75, 3.05) is 38.9 Å². The van der Waals surface area contributed by atoms with Gasteiger partial charge in [-0.25, -0.2) is 25.2 Å². The Morgan fingerprint density at radius 3 is 1.25 bits per heavy atom. The molecule has 0 saturated carbocycles. The van der Waals surface area contributed by atoms with Crippen molar-refractivity contribution in [2.45, 2.75) is 19.6 Å². The monoisotopic (exact) mass is 1080 g/mol. The fraction of sp³-hybridized carbons (Fsp3) is 0.176. The third kappa shape index (κ3) is 13.2. The van der Waals surface area contributed by atoms with Crippen molar-refractivity contribution in [1.82, 2.24) is 0 Å². The standard InChI is InChI=1S/C34H32N6O23S6/c1-60-25-8-6-19(64(44,45)12-10-62-68(54,55)56)16-23(25)36-39-30-32(41)29(38-35-18-14-22-21(28(15-18)67(51,52)53)4-3-5-27(22)66(48,49)50)33(42)31(34(30)43)40-37-24-17-20(7-9-26(24)61-2)65(46,47)13-11-63-69(57,58)59/h3-9,14-17,41-43H,10-13H2,1-2H3,(H,48,49,50)(H,51,52,53)(H,54,55,56)(H,57,58,59). The van der Waals surface area contributed by atoms with E-state index in [0.29, 0.717) is 6.07 Å². The minimum Gasteiger partial charge on any atom is -0.504 e. The molecule has 5 aromatic rings. The third-order valence-electron chi connectivity index (χ3n) is 8.77. The molecule has 0 amide bonds. The van der Waals surface area contributed by atoms with Gasteiger partial charge in [0, 0.05) is 10.8 Å². The number of ether oxygens (including phenoxy) is 2. The van der Waals surface area contributed by atoms with E-state index < -0.39 is 167 Å². The van der Waals surface area contributed by atoms with Gasteiger partial charge in [0.1, 0.15) is 32.7 Å². The summed E-state index contributed by atoms with van der Waals surface area (Å²) in [5.41, 5.74) is -4.86. The first-order valence-electron chi connectivity index (χ1n) is 18.0. The molecule has 0 atom stereocenters. The van der Waals surface area contributed by atoms with Gasteiger partial charge in [-0.15, -0.1) is 25.6 Å². The van der Waals surface area contributed by atoms with Crippen molar-refractivity contribution in [3.05, 3.63) is 66.7 Å². The summed E-state index contributed by atoms with van der Waals surface area (Å²) in [5.74, 6) is -6.39. The Balaban J connectivity index is 1.73. The van der Waals surface area contributed by atoms with Gasteiger partial charge in [0.05, 0.1) is 54.4 Å². The second-order valence-electron chi connectivity index (χ2n) is 13.2. The Bertz CT molecular complexity index is 3510. The number of hydrogen-bond acceptors (Lipinski definition) is 25. The normalized spacial score (nSPS) is 13.2. The van der Waals surface area contributed by atoms with E-state index in [1.54, 1.807) is 0 Å². The van der Waals surface area contributed by atoms with Crippen LogP contribution in [0.1, 0.15) is 0 Å². The van der Waals surface area contributed by atoms with E-state index >= 15 is 0 Å². The van der Waals surface area contributed by atoms with Crippen LogP contribution in [0.3, 0.4) is 0 Å². The zero-order chi connectivity index (χ0) is 51.5. The van der Waals surface area contributed by atoms with Crippen molar-refractivity contribution in [3.63, 3.8) is 0 Å². The van der Waals surface area contributed by atoms with Gasteiger partial charge < -0.3 is 24.8 Å². The molecule has 0 bridgehead atoms. The fourth-order valence-electron chi connectivity index (χ4n) is 5.69. The van der Waals surface area contributed by atoms with Gasteiger partial charge >= 0.3 is 20.8 Å². The van der Waals surface area contributed by atoms with E-state index in [2.05, 4.69) is 39.1 Å². The highest BCUT2D eigenvalue weighted by Crippen LogP contribution is 2.57. The van der Waals surface area contributed by atoms with E-state index in [0.717, 1.165) is 74.9 Å². The molecule has 0 aromatic heterocycles. The van der Waals surface area contributed by atoms with E-state index in [1.807, 2.05) is 0 Å². The fourth-order valence-corrected chi connectivity index (χ4v) is 10.1. The van der Waals surface area contributed by atoms with Crippen LogP contribution >= 0.6 is 0 Å². The molecule has 5 rings (SSSR count). The molecule has 0 saturated heterocycles. The lowest BCUT2D eigenvalue weighted by atomic mass is 10.1. The molecule has 29 nitrogen and oxygen atoms in total. The third-order valence-corrected chi connectivity index (χ3v) is 14.9. The molecular weight excluding hydrogens is 1050 g/mol. The number of nitrogens with zero attached hydrogens (tertiary/aromatic N) is 6. The van der Waals surface area contributed by atoms with Gasteiger partial charge in [-0.3, -0.25) is 18.2 Å². The second kappa shape index (κ2) is 20.3. The molecule has 7 N–H and O–H groups in total. The minimum absolute atomic E-state index is 0.217. The molecular formula is C34H32N6O23S6. The molecule has 0 spiro atoms. The Hall–Kier alpha value is -6.38. The number of fused-ring (bicyclic) bond motifs is 1. The number of azo groups is 3. The Morgan fingerprint density at radius 1 is 0.464 bits per heavy atom. The van der Waals surface area contributed by atoms with Crippen molar-refractivity contribution in [3.8, 4) is 28.7 Å². The van der Waals surface area contributed by atoms with Gasteiger partial charge in [-0.05, 0) is 54.6 Å². The summed E-state index contributed by atoms with van der Waals surface area (Å²) in [6.07, 6.45) is 0. The molecule has 0 aliphatic rings. The Morgan fingerprint density at radius 2 is 0.870 bits per heavy atom. The van der Waals surface area contributed by atoms with Crippen LogP contribution in [0, 0.1) is 0 Å². The Kier molecular flexibility index (Phi) is 15.8. The van der Waals surface area contributed by atoms with Crippen LogP contribution in [0.15, 0.2) is 117 Å². The van der Waals surface area contributed by atoms with Crippen LogP contribution in [-0.2, 0) is 69.1 Å². The quantitative estimate of drug-likeness (QED) is 0.0402. The van der Waals surface area contributed by atoms with Crippen LogP contribution in [-0.4, -0.2) is 123 Å². The summed E-state index contributed by atoms with van der Waals surface area (Å²) in [5, 5.41) is 55.8. The van der Waals surface area contributed by atoms with Gasteiger partial charge in [0.25, 0.3) is 20.2 Å². The molecule has 0 aliphatic heterocycles. The van der Waals surface area contributed by atoms with Crippen LogP contribution in [0.2, 0.25) is 0 Å². The number of phenolic OH excluding ortho intramolecular Hbond substituents is 3. The number of sulfone groups is 2. The topological polar surface area (TPSA) is 458 Å². The van der Waals surface area contributed by atoms with Crippen LogP contribution in [0.25, 0.3) is 10.8 Å². The molecule has 372 valence electrons. The van der Waals surface area contributed by atoms with E-state index in [4.69, 9.17) is 18.6 Å². The second-order valence-corrected chi connectivity index (χ2v) is 22.4. The maximum absolute atomic E-state index is 13.0. The maximum atomic E-state index is 13.0. The zero-order valence-electron chi connectivity index (χ0n) is 34.5. The van der Waals surface area contributed by atoms with Crippen LogP contribution in [0.5, 0.6) is 28.7 Å². The smallest absolute Gasteiger partial charge is 0.397 e. The predicted octanol–water partition coefficient (Wildman–Crippen LogP) is 4.90. The first kappa shape index (κ1) is 53.6. The number of hydrogen-bond donors (Lipinski definition) is 7. The lowest BCUT2D eigenvalue weighted by Gasteiger charge is -2.12. The van der Waals surface area contributed by atoms with Gasteiger partial charge in [0.15, 0.2) is 54.0 Å². The Labute approximate surface area is 390 Å². The lowest BCUT2D eigenvalue weighted by molar-refractivity contribution is 0.282. The molecule has 5 aromatic carbocycles. The van der Waals surface area contributed by atoms with E-state index in [1.165, 1.54) is 0 Å². The number of methoxy groups -OCH3 is 2. The molecule has 0 heterocycles. The predicted molar refractivity (Wildman–Crippen MR) is 233 cm³/mol.